The fourth-order valence-electron chi connectivity index (χ4n) is 1.35. The van der Waals surface area contributed by atoms with E-state index in [9.17, 15) is 12.8 Å². The van der Waals surface area contributed by atoms with Gasteiger partial charge in [-0.2, -0.15) is 0 Å². The average molecular weight is 366 g/mol. The van der Waals surface area contributed by atoms with Crippen molar-refractivity contribution >= 4 is 35.7 Å². The number of hydrogen-bond acceptors (Lipinski definition) is 3. The topological polar surface area (TPSA) is 43.4 Å². The SMILES string of the molecule is O=S(=O)(Cl)c1ccc(Oc2cc(Br)ccc2F)cc1. The summed E-state index contributed by atoms with van der Waals surface area (Å²) in [6.45, 7) is 0. The molecule has 0 spiro atoms. The van der Waals surface area contributed by atoms with Crippen LogP contribution in [0.4, 0.5) is 4.39 Å². The third kappa shape index (κ3) is 3.68. The summed E-state index contributed by atoms with van der Waals surface area (Å²) < 4.78 is 41.6. The summed E-state index contributed by atoms with van der Waals surface area (Å²) in [4.78, 5) is -0.0452. The van der Waals surface area contributed by atoms with E-state index in [1.165, 1.54) is 36.4 Å². The van der Waals surface area contributed by atoms with Crippen LogP contribution in [0, 0.1) is 5.82 Å². The predicted octanol–water partition coefficient (Wildman–Crippen LogP) is 4.31. The van der Waals surface area contributed by atoms with Gasteiger partial charge in [-0.1, -0.05) is 15.9 Å². The minimum absolute atomic E-state index is 0.0378. The highest BCUT2D eigenvalue weighted by Crippen LogP contribution is 2.28. The van der Waals surface area contributed by atoms with Gasteiger partial charge in [0.05, 0.1) is 4.90 Å². The molecule has 0 heterocycles. The third-order valence-corrected chi connectivity index (χ3v) is 4.09. The first-order valence-corrected chi connectivity index (χ1v) is 8.14. The maximum atomic E-state index is 13.5. The Morgan fingerprint density at radius 3 is 2.32 bits per heavy atom. The summed E-state index contributed by atoms with van der Waals surface area (Å²) in [7, 11) is 1.41. The van der Waals surface area contributed by atoms with Crippen LogP contribution in [0.2, 0.25) is 0 Å². The van der Waals surface area contributed by atoms with Crippen molar-refractivity contribution in [3.63, 3.8) is 0 Å². The van der Waals surface area contributed by atoms with Gasteiger partial charge in [-0.15, -0.1) is 0 Å². The lowest BCUT2D eigenvalue weighted by Crippen LogP contribution is -1.92. The van der Waals surface area contributed by atoms with E-state index in [0.717, 1.165) is 0 Å². The van der Waals surface area contributed by atoms with Crippen LogP contribution in [0.3, 0.4) is 0 Å². The van der Waals surface area contributed by atoms with Crippen LogP contribution in [-0.4, -0.2) is 8.42 Å². The van der Waals surface area contributed by atoms with Gasteiger partial charge < -0.3 is 4.74 Å². The minimum Gasteiger partial charge on any atom is -0.454 e. The predicted molar refractivity (Wildman–Crippen MR) is 73.7 cm³/mol. The summed E-state index contributed by atoms with van der Waals surface area (Å²) in [5.74, 6) is -0.172. The summed E-state index contributed by atoms with van der Waals surface area (Å²) in [5.41, 5.74) is 0. The number of benzene rings is 2. The molecule has 0 aliphatic rings. The molecule has 3 nitrogen and oxygen atoms in total. The maximum Gasteiger partial charge on any atom is 0.261 e. The summed E-state index contributed by atoms with van der Waals surface area (Å²) in [6, 6.07) is 9.65. The van der Waals surface area contributed by atoms with E-state index in [2.05, 4.69) is 15.9 Å². The quantitative estimate of drug-likeness (QED) is 0.761. The number of hydrogen-bond donors (Lipinski definition) is 0. The largest absolute Gasteiger partial charge is 0.454 e. The van der Waals surface area contributed by atoms with Crippen LogP contribution in [0.1, 0.15) is 0 Å². The standard InChI is InChI=1S/C12H7BrClFO3S/c13-8-1-6-11(15)12(7-8)18-9-2-4-10(5-3-9)19(14,16)17/h1-7H. The van der Waals surface area contributed by atoms with Gasteiger partial charge in [-0.25, -0.2) is 12.8 Å². The molecule has 0 saturated carbocycles. The van der Waals surface area contributed by atoms with E-state index < -0.39 is 14.9 Å². The zero-order valence-electron chi connectivity index (χ0n) is 9.31. The van der Waals surface area contributed by atoms with Gasteiger partial charge in [0.1, 0.15) is 5.75 Å². The molecule has 100 valence electrons. The number of halogens is 3. The van der Waals surface area contributed by atoms with E-state index in [-0.39, 0.29) is 10.6 Å². The molecule has 0 N–H and O–H groups in total. The Hall–Kier alpha value is -1.11. The van der Waals surface area contributed by atoms with Crippen molar-refractivity contribution in [3.05, 3.63) is 52.8 Å². The van der Waals surface area contributed by atoms with Crippen LogP contribution in [-0.2, 0) is 9.05 Å². The molecule has 0 saturated heterocycles. The molecule has 2 rings (SSSR count). The van der Waals surface area contributed by atoms with Crippen LogP contribution < -0.4 is 4.74 Å². The highest BCUT2D eigenvalue weighted by Gasteiger charge is 2.10. The van der Waals surface area contributed by atoms with Crippen LogP contribution in [0.15, 0.2) is 51.8 Å². The molecular formula is C12H7BrClFO3S. The lowest BCUT2D eigenvalue weighted by Gasteiger charge is -2.07. The first-order chi connectivity index (χ1) is 8.86. The Bertz CT molecular complexity index is 701. The van der Waals surface area contributed by atoms with Crippen LogP contribution in [0.25, 0.3) is 0 Å². The fourth-order valence-corrected chi connectivity index (χ4v) is 2.46. The minimum atomic E-state index is -3.77. The molecule has 0 atom stereocenters. The molecule has 0 unspecified atom stereocenters. The maximum absolute atomic E-state index is 13.5. The van der Waals surface area contributed by atoms with Crippen molar-refractivity contribution in [2.75, 3.05) is 0 Å². The molecule has 0 bridgehead atoms. The second-order valence-electron chi connectivity index (χ2n) is 3.59. The van der Waals surface area contributed by atoms with Crippen molar-refractivity contribution in [2.45, 2.75) is 4.90 Å². The molecule has 0 fully saturated rings. The molecule has 0 aliphatic heterocycles. The lowest BCUT2D eigenvalue weighted by molar-refractivity contribution is 0.441. The molecule has 0 aromatic heterocycles. The van der Waals surface area contributed by atoms with E-state index in [1.807, 2.05) is 0 Å². The van der Waals surface area contributed by atoms with Crippen molar-refractivity contribution < 1.29 is 17.5 Å². The lowest BCUT2D eigenvalue weighted by atomic mass is 10.3. The summed E-state index contributed by atoms with van der Waals surface area (Å²) >= 11 is 3.20. The Labute approximate surface area is 122 Å². The first-order valence-electron chi connectivity index (χ1n) is 5.04. The molecule has 2 aromatic carbocycles. The van der Waals surface area contributed by atoms with Crippen molar-refractivity contribution in [1.82, 2.24) is 0 Å². The average Bonchev–Trinajstić information content (AvgIpc) is 2.33. The van der Waals surface area contributed by atoms with Gasteiger partial charge in [0.2, 0.25) is 0 Å². The van der Waals surface area contributed by atoms with Gasteiger partial charge in [-0.05, 0) is 42.5 Å². The first kappa shape index (κ1) is 14.3. The Balaban J connectivity index is 2.27. The van der Waals surface area contributed by atoms with E-state index >= 15 is 0 Å². The second-order valence-corrected chi connectivity index (χ2v) is 7.07. The van der Waals surface area contributed by atoms with Crippen molar-refractivity contribution in [3.8, 4) is 11.5 Å². The zero-order chi connectivity index (χ0) is 14.0. The summed E-state index contributed by atoms with van der Waals surface area (Å²) in [6.07, 6.45) is 0. The van der Waals surface area contributed by atoms with E-state index in [1.54, 1.807) is 6.07 Å². The molecule has 0 amide bonds. The smallest absolute Gasteiger partial charge is 0.261 e. The van der Waals surface area contributed by atoms with Gasteiger partial charge in [0.25, 0.3) is 9.05 Å². The van der Waals surface area contributed by atoms with Crippen molar-refractivity contribution in [1.29, 1.82) is 0 Å². The van der Waals surface area contributed by atoms with Gasteiger partial charge in [0, 0.05) is 15.2 Å². The molecule has 0 aliphatic carbocycles. The Morgan fingerprint density at radius 1 is 1.11 bits per heavy atom. The monoisotopic (exact) mass is 364 g/mol. The van der Waals surface area contributed by atoms with Gasteiger partial charge in [0.15, 0.2) is 11.6 Å². The van der Waals surface area contributed by atoms with E-state index in [0.29, 0.717) is 10.2 Å². The van der Waals surface area contributed by atoms with Crippen LogP contribution in [0.5, 0.6) is 11.5 Å². The fraction of sp³-hybridized carbons (Fsp3) is 0. The molecular weight excluding hydrogens is 359 g/mol. The molecule has 0 radical (unpaired) electrons. The number of ether oxygens (including phenoxy) is 1. The van der Waals surface area contributed by atoms with Crippen LogP contribution >= 0.6 is 26.6 Å². The highest BCUT2D eigenvalue weighted by molar-refractivity contribution is 9.10. The Kier molecular flexibility index (Phi) is 4.13. The zero-order valence-corrected chi connectivity index (χ0v) is 12.5. The molecule has 7 heteroatoms. The van der Waals surface area contributed by atoms with Gasteiger partial charge in [-0.3, -0.25) is 0 Å². The second kappa shape index (κ2) is 5.48. The number of rotatable bonds is 3. The molecule has 19 heavy (non-hydrogen) atoms. The third-order valence-electron chi connectivity index (χ3n) is 2.23. The van der Waals surface area contributed by atoms with Crippen molar-refractivity contribution in [2.24, 2.45) is 0 Å². The Morgan fingerprint density at radius 2 is 1.74 bits per heavy atom. The highest BCUT2D eigenvalue weighted by atomic mass is 79.9. The van der Waals surface area contributed by atoms with E-state index in [4.69, 9.17) is 15.4 Å². The molecule has 2 aromatic rings. The van der Waals surface area contributed by atoms with Gasteiger partial charge >= 0.3 is 0 Å². The normalized spacial score (nSPS) is 11.3. The summed E-state index contributed by atoms with van der Waals surface area (Å²) in [5, 5.41) is 0.